The number of H-pyrrole nitrogens is 1. The second-order valence-corrected chi connectivity index (χ2v) is 8.65. The van der Waals surface area contributed by atoms with Crippen molar-refractivity contribution in [2.24, 2.45) is 0 Å². The van der Waals surface area contributed by atoms with Crippen LogP contribution in [0.2, 0.25) is 5.02 Å². The molecule has 0 spiro atoms. The zero-order chi connectivity index (χ0) is 23.8. The lowest BCUT2D eigenvalue weighted by atomic mass is 9.96. The first-order chi connectivity index (χ1) is 16.4. The lowest BCUT2D eigenvalue weighted by Crippen LogP contribution is -2.40. The monoisotopic (exact) mass is 484 g/mol. The number of nitrogens with zero attached hydrogens (tertiary/aromatic N) is 5. The third-order valence-corrected chi connectivity index (χ3v) is 6.11. The number of carbonyl (C=O) groups excluding carboxylic acids is 1. The maximum absolute atomic E-state index is 14.1. The Morgan fingerprint density at radius 2 is 2.06 bits per heavy atom. The molecule has 0 unspecified atom stereocenters. The number of hydrogen-bond acceptors (Lipinski definition) is 5. The lowest BCUT2D eigenvalue weighted by Gasteiger charge is -2.32. The molecule has 8 nitrogen and oxygen atoms in total. The topological polar surface area (TPSA) is 96.8 Å². The molecule has 1 amide bonds. The molecule has 11 heteroatoms. The molecule has 2 aromatic carbocycles. The molecule has 4 aromatic rings. The van der Waals surface area contributed by atoms with E-state index in [-0.39, 0.29) is 23.5 Å². The third-order valence-electron chi connectivity index (χ3n) is 5.87. The summed E-state index contributed by atoms with van der Waals surface area (Å²) in [4.78, 5) is 34.4. The minimum Gasteiger partial charge on any atom is -0.338 e. The molecule has 34 heavy (non-hydrogen) atoms. The van der Waals surface area contributed by atoms with Crippen LogP contribution in [0.5, 0.6) is 0 Å². The number of amides is 1. The van der Waals surface area contributed by atoms with E-state index in [9.17, 15) is 18.4 Å². The number of benzene rings is 2. The van der Waals surface area contributed by atoms with Crippen molar-refractivity contribution in [3.63, 3.8) is 0 Å². The summed E-state index contributed by atoms with van der Waals surface area (Å²) < 4.78 is 28.9. The summed E-state index contributed by atoms with van der Waals surface area (Å²) in [7, 11) is 0. The van der Waals surface area contributed by atoms with Crippen molar-refractivity contribution in [2.75, 3.05) is 13.1 Å². The Hall–Kier alpha value is -3.66. The van der Waals surface area contributed by atoms with Crippen LogP contribution in [0.3, 0.4) is 0 Å². The maximum atomic E-state index is 14.1. The first kappa shape index (κ1) is 22.1. The zero-order valence-corrected chi connectivity index (χ0v) is 18.6. The van der Waals surface area contributed by atoms with Gasteiger partial charge in [0.05, 0.1) is 12.1 Å². The molecule has 3 heterocycles. The summed E-state index contributed by atoms with van der Waals surface area (Å²) in [6.07, 6.45) is 1.32. The van der Waals surface area contributed by atoms with Gasteiger partial charge in [-0.2, -0.15) is 0 Å². The maximum Gasteiger partial charge on any atom is 0.281 e. The van der Waals surface area contributed by atoms with E-state index in [1.165, 1.54) is 9.58 Å². The molecule has 1 aliphatic heterocycles. The number of likely N-dealkylation sites (tertiary alicyclic amines) is 1. The van der Waals surface area contributed by atoms with Crippen molar-refractivity contribution in [3.8, 4) is 0 Å². The van der Waals surface area contributed by atoms with Gasteiger partial charge in [-0.05, 0) is 42.7 Å². The van der Waals surface area contributed by atoms with Gasteiger partial charge in [0, 0.05) is 30.1 Å². The zero-order valence-electron chi connectivity index (χ0n) is 17.8. The fraction of sp³-hybridized carbons (Fsp3) is 0.261. The Balaban J connectivity index is 1.43. The molecule has 0 radical (unpaired) electrons. The first-order valence-corrected chi connectivity index (χ1v) is 11.1. The van der Waals surface area contributed by atoms with E-state index >= 15 is 0 Å². The Labute approximate surface area is 197 Å². The molecule has 0 bridgehead atoms. The highest BCUT2D eigenvalue weighted by atomic mass is 35.5. The summed E-state index contributed by atoms with van der Waals surface area (Å²) in [5, 5.41) is 8.61. The minimum atomic E-state index is -0.906. The summed E-state index contributed by atoms with van der Waals surface area (Å²) in [5.74, 6) is -2.05. The van der Waals surface area contributed by atoms with Gasteiger partial charge in [0.1, 0.15) is 17.5 Å². The van der Waals surface area contributed by atoms with E-state index in [2.05, 4.69) is 20.3 Å². The van der Waals surface area contributed by atoms with Crippen molar-refractivity contribution >= 4 is 28.7 Å². The smallest absolute Gasteiger partial charge is 0.281 e. The van der Waals surface area contributed by atoms with Gasteiger partial charge in [0.15, 0.2) is 11.2 Å². The second kappa shape index (κ2) is 8.94. The molecule has 1 atom stereocenters. The number of nitrogens with one attached hydrogen (secondary N) is 1. The molecule has 174 valence electrons. The van der Waals surface area contributed by atoms with Crippen LogP contribution in [0, 0.1) is 11.6 Å². The van der Waals surface area contributed by atoms with Crippen molar-refractivity contribution < 1.29 is 13.6 Å². The normalized spacial score (nSPS) is 16.2. The molecular formula is C23H19ClF2N6O2. The fourth-order valence-corrected chi connectivity index (χ4v) is 4.42. The number of aromatic amines is 1. The molecular weight excluding hydrogens is 466 g/mol. The highest BCUT2D eigenvalue weighted by molar-refractivity contribution is 6.30. The van der Waals surface area contributed by atoms with Gasteiger partial charge in [-0.1, -0.05) is 28.9 Å². The van der Waals surface area contributed by atoms with E-state index in [0.717, 1.165) is 17.7 Å². The lowest BCUT2D eigenvalue weighted by molar-refractivity contribution is 0.0699. The quantitative estimate of drug-likeness (QED) is 0.478. The predicted octanol–water partition coefficient (Wildman–Crippen LogP) is 3.51. The molecule has 5 rings (SSSR count). The van der Waals surface area contributed by atoms with Crippen molar-refractivity contribution in [1.82, 2.24) is 29.9 Å². The largest absolute Gasteiger partial charge is 0.338 e. The Morgan fingerprint density at radius 3 is 2.85 bits per heavy atom. The van der Waals surface area contributed by atoms with Crippen LogP contribution in [0.1, 0.15) is 40.5 Å². The number of carbonyl (C=O) groups is 1. The van der Waals surface area contributed by atoms with E-state index in [0.29, 0.717) is 48.5 Å². The van der Waals surface area contributed by atoms with Gasteiger partial charge in [-0.3, -0.25) is 9.59 Å². The predicted molar refractivity (Wildman–Crippen MR) is 121 cm³/mol. The second-order valence-electron chi connectivity index (χ2n) is 8.21. The SMILES string of the molecule is O=C(c1ccc(F)cc1F)N1CCC[C@@H](c2nc3c(nnn3Cc3cccc(Cl)c3)c(=O)[nH]2)C1. The average Bonchev–Trinajstić information content (AvgIpc) is 3.22. The highest BCUT2D eigenvalue weighted by Crippen LogP contribution is 2.26. The van der Waals surface area contributed by atoms with Crippen LogP contribution in [0.25, 0.3) is 11.2 Å². The standard InChI is InChI=1S/C23H19ClF2N6O2/c24-15-5-1-3-13(9-15)11-32-21-19(29-30-32)22(33)28-20(27-21)14-4-2-8-31(12-14)23(34)17-7-6-16(25)10-18(17)26/h1,3,5-7,9-10,14H,2,4,8,11-12H2,(H,27,28,33)/t14-/m1/s1. The van der Waals surface area contributed by atoms with Gasteiger partial charge < -0.3 is 9.88 Å². The first-order valence-electron chi connectivity index (χ1n) is 10.7. The van der Waals surface area contributed by atoms with E-state index in [1.807, 2.05) is 12.1 Å². The average molecular weight is 485 g/mol. The van der Waals surface area contributed by atoms with Crippen LogP contribution >= 0.6 is 11.6 Å². The molecule has 0 saturated carbocycles. The van der Waals surface area contributed by atoms with Gasteiger partial charge in [-0.25, -0.2) is 18.4 Å². The van der Waals surface area contributed by atoms with Crippen molar-refractivity contribution in [1.29, 1.82) is 0 Å². The van der Waals surface area contributed by atoms with E-state index in [1.54, 1.807) is 12.1 Å². The number of rotatable bonds is 4. The highest BCUT2D eigenvalue weighted by Gasteiger charge is 2.29. The van der Waals surface area contributed by atoms with Gasteiger partial charge in [0.25, 0.3) is 11.5 Å². The summed E-state index contributed by atoms with van der Waals surface area (Å²) in [5.41, 5.74) is 0.696. The van der Waals surface area contributed by atoms with E-state index < -0.39 is 23.1 Å². The molecule has 1 saturated heterocycles. The van der Waals surface area contributed by atoms with Crippen molar-refractivity contribution in [3.05, 3.63) is 86.4 Å². The van der Waals surface area contributed by atoms with Crippen LogP contribution in [0.15, 0.2) is 47.3 Å². The number of fused-ring (bicyclic) bond motifs is 1. The molecule has 1 fully saturated rings. The van der Waals surface area contributed by atoms with Gasteiger partial charge in [0.2, 0.25) is 0 Å². The molecule has 0 aliphatic carbocycles. The summed E-state index contributed by atoms with van der Waals surface area (Å²) in [6.45, 7) is 0.985. The Bertz CT molecular complexity index is 1450. The molecule has 2 aromatic heterocycles. The summed E-state index contributed by atoms with van der Waals surface area (Å²) in [6, 6.07) is 10.1. The van der Waals surface area contributed by atoms with Crippen LogP contribution in [0.4, 0.5) is 8.78 Å². The summed E-state index contributed by atoms with van der Waals surface area (Å²) >= 11 is 6.07. The van der Waals surface area contributed by atoms with Crippen LogP contribution < -0.4 is 5.56 Å². The van der Waals surface area contributed by atoms with Crippen LogP contribution in [-0.4, -0.2) is 48.9 Å². The number of hydrogen-bond donors (Lipinski definition) is 1. The van der Waals surface area contributed by atoms with Crippen molar-refractivity contribution in [2.45, 2.75) is 25.3 Å². The third kappa shape index (κ3) is 4.28. The minimum absolute atomic E-state index is 0.114. The molecule has 1 aliphatic rings. The number of aromatic nitrogens is 5. The Morgan fingerprint density at radius 1 is 1.21 bits per heavy atom. The molecule has 1 N–H and O–H groups in total. The van der Waals surface area contributed by atoms with Gasteiger partial charge in [-0.15, -0.1) is 5.10 Å². The number of piperidine rings is 1. The Kier molecular flexibility index (Phi) is 5.82. The van der Waals surface area contributed by atoms with E-state index in [4.69, 9.17) is 11.6 Å². The van der Waals surface area contributed by atoms with Crippen LogP contribution in [-0.2, 0) is 6.54 Å². The van der Waals surface area contributed by atoms with Gasteiger partial charge >= 0.3 is 0 Å². The fourth-order valence-electron chi connectivity index (χ4n) is 4.21. The number of halogens is 3.